The van der Waals surface area contributed by atoms with Crippen LogP contribution in [0.4, 0.5) is 16.5 Å². The first-order valence-corrected chi connectivity index (χ1v) is 9.02. The normalized spacial score (nSPS) is 11.9. The van der Waals surface area contributed by atoms with Gasteiger partial charge in [0, 0.05) is 42.5 Å². The second-order valence-electron chi connectivity index (χ2n) is 5.74. The first-order chi connectivity index (χ1) is 12.2. The fraction of sp³-hybridized carbons (Fsp3) is 0.263. The molecule has 3 rings (SSSR count). The van der Waals surface area contributed by atoms with Gasteiger partial charge in [-0.3, -0.25) is 0 Å². The molecule has 1 aromatic heterocycles. The van der Waals surface area contributed by atoms with E-state index in [4.69, 9.17) is 4.74 Å². The molecule has 6 heteroatoms. The van der Waals surface area contributed by atoms with E-state index < -0.39 is 0 Å². The monoisotopic (exact) mass is 354 g/mol. The Balaban J connectivity index is 1.57. The van der Waals surface area contributed by atoms with Crippen molar-refractivity contribution in [3.8, 4) is 0 Å². The van der Waals surface area contributed by atoms with Crippen molar-refractivity contribution in [1.29, 1.82) is 0 Å². The predicted octanol–water partition coefficient (Wildman–Crippen LogP) is 4.64. The molecule has 0 saturated heterocycles. The minimum absolute atomic E-state index is 0.256. The lowest BCUT2D eigenvalue weighted by molar-refractivity contribution is 0.201. The SMILES string of the molecule is COCCc1nsc(Nc2ccc(NC(C)c3ccccc3)cc2)n1. The van der Waals surface area contributed by atoms with Gasteiger partial charge in [-0.15, -0.1) is 0 Å². The van der Waals surface area contributed by atoms with Crippen LogP contribution in [0.2, 0.25) is 0 Å². The van der Waals surface area contributed by atoms with E-state index in [9.17, 15) is 0 Å². The molecule has 2 aromatic carbocycles. The minimum atomic E-state index is 0.256. The standard InChI is InChI=1S/C19H22N4OS/c1-14(15-6-4-3-5-7-15)20-16-8-10-17(11-9-16)21-19-22-18(23-25-19)12-13-24-2/h3-11,14,20H,12-13H2,1-2H3,(H,21,22,23). The molecule has 0 fully saturated rings. The van der Waals surface area contributed by atoms with E-state index >= 15 is 0 Å². The van der Waals surface area contributed by atoms with Crippen LogP contribution in [0.3, 0.4) is 0 Å². The lowest BCUT2D eigenvalue weighted by atomic mass is 10.1. The first kappa shape index (κ1) is 17.4. The van der Waals surface area contributed by atoms with Gasteiger partial charge in [0.2, 0.25) is 5.13 Å². The summed E-state index contributed by atoms with van der Waals surface area (Å²) in [6.45, 7) is 2.79. The van der Waals surface area contributed by atoms with Gasteiger partial charge in [-0.05, 0) is 36.8 Å². The topological polar surface area (TPSA) is 59.1 Å². The summed E-state index contributed by atoms with van der Waals surface area (Å²) in [6.07, 6.45) is 0.731. The van der Waals surface area contributed by atoms with E-state index in [2.05, 4.69) is 63.3 Å². The van der Waals surface area contributed by atoms with Gasteiger partial charge in [0.05, 0.1) is 6.61 Å². The molecule has 0 aliphatic heterocycles. The molecule has 1 unspecified atom stereocenters. The second kappa shape index (κ2) is 8.60. The third-order valence-corrected chi connectivity index (χ3v) is 4.49. The van der Waals surface area contributed by atoms with Crippen molar-refractivity contribution in [1.82, 2.24) is 9.36 Å². The van der Waals surface area contributed by atoms with Crippen LogP contribution in [0, 0.1) is 0 Å². The molecular formula is C19H22N4OS. The Bertz CT molecular complexity index is 774. The quantitative estimate of drug-likeness (QED) is 0.617. The number of anilines is 3. The van der Waals surface area contributed by atoms with Crippen molar-refractivity contribution in [3.63, 3.8) is 0 Å². The van der Waals surface area contributed by atoms with Gasteiger partial charge in [-0.2, -0.15) is 4.37 Å². The predicted molar refractivity (Wildman–Crippen MR) is 104 cm³/mol. The van der Waals surface area contributed by atoms with E-state index in [1.54, 1.807) is 7.11 Å². The van der Waals surface area contributed by atoms with Gasteiger partial charge in [0.1, 0.15) is 5.82 Å². The molecule has 2 N–H and O–H groups in total. The summed E-state index contributed by atoms with van der Waals surface area (Å²) in [6, 6.07) is 18.9. The van der Waals surface area contributed by atoms with Crippen LogP contribution in [0.5, 0.6) is 0 Å². The summed E-state index contributed by atoms with van der Waals surface area (Å²) >= 11 is 1.36. The molecule has 25 heavy (non-hydrogen) atoms. The Kier molecular flexibility index (Phi) is 5.98. The fourth-order valence-corrected chi connectivity index (χ4v) is 3.08. The van der Waals surface area contributed by atoms with E-state index in [0.29, 0.717) is 6.61 Å². The second-order valence-corrected chi connectivity index (χ2v) is 6.49. The first-order valence-electron chi connectivity index (χ1n) is 8.24. The van der Waals surface area contributed by atoms with Gasteiger partial charge in [0.15, 0.2) is 0 Å². The van der Waals surface area contributed by atoms with E-state index in [1.165, 1.54) is 17.1 Å². The fourth-order valence-electron chi connectivity index (χ4n) is 2.45. The molecule has 0 bridgehead atoms. The van der Waals surface area contributed by atoms with Crippen LogP contribution >= 0.6 is 11.5 Å². The summed E-state index contributed by atoms with van der Waals surface area (Å²) in [5, 5.41) is 7.59. The zero-order valence-corrected chi connectivity index (χ0v) is 15.2. The molecule has 130 valence electrons. The highest BCUT2D eigenvalue weighted by molar-refractivity contribution is 7.09. The van der Waals surface area contributed by atoms with Gasteiger partial charge in [-0.1, -0.05) is 30.3 Å². The Morgan fingerprint density at radius 2 is 1.76 bits per heavy atom. The number of rotatable bonds is 8. The van der Waals surface area contributed by atoms with Gasteiger partial charge >= 0.3 is 0 Å². The molecule has 0 aliphatic rings. The molecular weight excluding hydrogens is 332 g/mol. The van der Waals surface area contributed by atoms with E-state index in [-0.39, 0.29) is 6.04 Å². The molecule has 5 nitrogen and oxygen atoms in total. The highest BCUT2D eigenvalue weighted by Gasteiger charge is 2.06. The largest absolute Gasteiger partial charge is 0.384 e. The third-order valence-electron chi connectivity index (χ3n) is 3.82. The smallest absolute Gasteiger partial charge is 0.207 e. The van der Waals surface area contributed by atoms with Gasteiger partial charge in [0.25, 0.3) is 0 Å². The van der Waals surface area contributed by atoms with E-state index in [1.807, 2.05) is 18.2 Å². The molecule has 0 radical (unpaired) electrons. The zero-order valence-electron chi connectivity index (χ0n) is 14.4. The van der Waals surface area contributed by atoms with Crippen molar-refractivity contribution in [2.24, 2.45) is 0 Å². The number of ether oxygens (including phenoxy) is 1. The van der Waals surface area contributed by atoms with Crippen LogP contribution in [-0.4, -0.2) is 23.1 Å². The Morgan fingerprint density at radius 3 is 2.48 bits per heavy atom. The number of methoxy groups -OCH3 is 1. The number of hydrogen-bond acceptors (Lipinski definition) is 6. The van der Waals surface area contributed by atoms with Gasteiger partial charge in [-0.25, -0.2) is 4.98 Å². The Hall–Kier alpha value is -2.44. The van der Waals surface area contributed by atoms with E-state index in [0.717, 1.165) is 28.8 Å². The number of nitrogens with one attached hydrogen (secondary N) is 2. The van der Waals surface area contributed by atoms with Crippen molar-refractivity contribution in [3.05, 3.63) is 66.0 Å². The average molecular weight is 354 g/mol. The zero-order chi connectivity index (χ0) is 17.5. The maximum Gasteiger partial charge on any atom is 0.207 e. The Morgan fingerprint density at radius 1 is 1.04 bits per heavy atom. The summed E-state index contributed by atoms with van der Waals surface area (Å²) in [7, 11) is 1.68. The maximum atomic E-state index is 5.05. The summed E-state index contributed by atoms with van der Waals surface area (Å²) in [5.41, 5.74) is 3.34. The molecule has 0 amide bonds. The van der Waals surface area contributed by atoms with Crippen LogP contribution in [0.1, 0.15) is 24.4 Å². The molecule has 1 heterocycles. The number of hydrogen-bond donors (Lipinski definition) is 2. The third kappa shape index (κ3) is 5.01. The summed E-state index contributed by atoms with van der Waals surface area (Å²) < 4.78 is 9.36. The minimum Gasteiger partial charge on any atom is -0.384 e. The van der Waals surface area contributed by atoms with Crippen LogP contribution in [0.25, 0.3) is 0 Å². The maximum absolute atomic E-state index is 5.05. The number of benzene rings is 2. The molecule has 0 spiro atoms. The molecule has 0 aliphatic carbocycles. The Labute approximate surface area is 152 Å². The van der Waals surface area contributed by atoms with Crippen molar-refractivity contribution < 1.29 is 4.74 Å². The van der Waals surface area contributed by atoms with Crippen molar-refractivity contribution in [2.75, 3.05) is 24.4 Å². The number of nitrogens with zero attached hydrogens (tertiary/aromatic N) is 2. The number of aromatic nitrogens is 2. The van der Waals surface area contributed by atoms with Crippen molar-refractivity contribution >= 4 is 28.0 Å². The molecule has 0 saturated carbocycles. The molecule has 3 aromatic rings. The molecule has 1 atom stereocenters. The lowest BCUT2D eigenvalue weighted by Crippen LogP contribution is -2.06. The summed E-state index contributed by atoms with van der Waals surface area (Å²) in [4.78, 5) is 4.45. The van der Waals surface area contributed by atoms with Crippen LogP contribution < -0.4 is 10.6 Å². The highest BCUT2D eigenvalue weighted by Crippen LogP contribution is 2.23. The van der Waals surface area contributed by atoms with Gasteiger partial charge < -0.3 is 15.4 Å². The highest BCUT2D eigenvalue weighted by atomic mass is 32.1. The van der Waals surface area contributed by atoms with Crippen LogP contribution in [-0.2, 0) is 11.2 Å². The lowest BCUT2D eigenvalue weighted by Gasteiger charge is -2.16. The average Bonchev–Trinajstić information content (AvgIpc) is 3.09. The van der Waals surface area contributed by atoms with Crippen molar-refractivity contribution in [2.45, 2.75) is 19.4 Å². The summed E-state index contributed by atoms with van der Waals surface area (Å²) in [5.74, 6) is 0.810. The van der Waals surface area contributed by atoms with Crippen LogP contribution in [0.15, 0.2) is 54.6 Å².